The molecule has 8 heteroatoms. The number of hydrogen-bond donors (Lipinski definition) is 2. The molecule has 2 N–H and O–H groups in total. The molecule has 2 aliphatic rings. The van der Waals surface area contributed by atoms with Gasteiger partial charge in [0.15, 0.2) is 0 Å². The molecule has 0 aliphatic carbocycles. The van der Waals surface area contributed by atoms with Crippen molar-refractivity contribution in [2.24, 2.45) is 0 Å². The summed E-state index contributed by atoms with van der Waals surface area (Å²) in [6.45, 7) is 1.99. The number of pyridine rings is 1. The Balaban J connectivity index is 1.54. The maximum atomic E-state index is 12.3. The van der Waals surface area contributed by atoms with Crippen LogP contribution in [-0.4, -0.2) is 78.6 Å². The monoisotopic (exact) mass is 348 g/mol. The summed E-state index contributed by atoms with van der Waals surface area (Å²) in [5, 5.41) is 2.97. The molecule has 1 aromatic rings. The van der Waals surface area contributed by atoms with Crippen LogP contribution in [0.3, 0.4) is 0 Å². The number of aromatic amines is 1. The van der Waals surface area contributed by atoms with Gasteiger partial charge in [0.05, 0.1) is 19.1 Å². The normalized spacial score (nSPS) is 26.1. The van der Waals surface area contributed by atoms with Crippen molar-refractivity contribution in [3.63, 3.8) is 0 Å². The summed E-state index contributed by atoms with van der Waals surface area (Å²) in [6, 6.07) is 4.79. The molecule has 3 heterocycles. The van der Waals surface area contributed by atoms with Crippen molar-refractivity contribution in [2.45, 2.75) is 31.0 Å². The molecular weight excluding hydrogens is 324 g/mol. The standard InChI is InChI=1S/C17H24N4O4/c1-20(2)16(23)7-13-9-21-8-11(6-12(21)10-25-13)18-17(24)14-4-3-5-15(22)19-14/h3-5,11-13H,6-10H2,1-2H3,(H,18,24)(H,19,22)/t11-,12+,13+/m1/s1. The molecule has 3 atom stereocenters. The zero-order chi connectivity index (χ0) is 18.0. The number of fused-ring (bicyclic) bond motifs is 1. The number of nitrogens with zero attached hydrogens (tertiary/aromatic N) is 2. The number of carbonyl (C=O) groups is 2. The highest BCUT2D eigenvalue weighted by atomic mass is 16.5. The van der Waals surface area contributed by atoms with Crippen LogP contribution >= 0.6 is 0 Å². The summed E-state index contributed by atoms with van der Waals surface area (Å²) in [5.74, 6) is -0.219. The van der Waals surface area contributed by atoms with Crippen molar-refractivity contribution in [1.29, 1.82) is 0 Å². The fourth-order valence-corrected chi connectivity index (χ4v) is 3.39. The van der Waals surface area contributed by atoms with E-state index in [0.717, 1.165) is 13.0 Å². The molecule has 0 aromatic carbocycles. The molecule has 2 amide bonds. The quantitative estimate of drug-likeness (QED) is 0.760. The number of morpholine rings is 1. The Hall–Kier alpha value is -2.19. The average Bonchev–Trinajstić information content (AvgIpc) is 2.96. The summed E-state index contributed by atoms with van der Waals surface area (Å²) in [7, 11) is 3.48. The second-order valence-electron chi connectivity index (χ2n) is 6.89. The Morgan fingerprint density at radius 2 is 2.16 bits per heavy atom. The van der Waals surface area contributed by atoms with E-state index in [1.165, 1.54) is 6.07 Å². The van der Waals surface area contributed by atoms with Crippen LogP contribution in [-0.2, 0) is 9.53 Å². The molecule has 136 valence electrons. The van der Waals surface area contributed by atoms with E-state index >= 15 is 0 Å². The van der Waals surface area contributed by atoms with Crippen LogP contribution in [0.15, 0.2) is 23.0 Å². The van der Waals surface area contributed by atoms with Crippen molar-refractivity contribution in [3.8, 4) is 0 Å². The molecule has 0 bridgehead atoms. The minimum Gasteiger partial charge on any atom is -0.375 e. The molecule has 25 heavy (non-hydrogen) atoms. The van der Waals surface area contributed by atoms with Gasteiger partial charge < -0.3 is 19.9 Å². The maximum Gasteiger partial charge on any atom is 0.268 e. The summed E-state index contributed by atoms with van der Waals surface area (Å²) in [4.78, 5) is 41.8. The van der Waals surface area contributed by atoms with Gasteiger partial charge in [-0.2, -0.15) is 0 Å². The number of carbonyl (C=O) groups excluding carboxylic acids is 2. The average molecular weight is 348 g/mol. The van der Waals surface area contributed by atoms with Crippen molar-refractivity contribution in [1.82, 2.24) is 20.1 Å². The predicted octanol–water partition coefficient (Wildman–Crippen LogP) is -0.575. The van der Waals surface area contributed by atoms with E-state index in [2.05, 4.69) is 15.2 Å². The van der Waals surface area contributed by atoms with Crippen LogP contribution in [0.5, 0.6) is 0 Å². The first-order valence-corrected chi connectivity index (χ1v) is 8.48. The zero-order valence-corrected chi connectivity index (χ0v) is 14.5. The van der Waals surface area contributed by atoms with Gasteiger partial charge in [-0.3, -0.25) is 19.3 Å². The molecule has 2 aliphatic heterocycles. The molecule has 0 unspecified atom stereocenters. The second-order valence-corrected chi connectivity index (χ2v) is 6.89. The van der Waals surface area contributed by atoms with E-state index in [1.807, 2.05) is 0 Å². The summed E-state index contributed by atoms with van der Waals surface area (Å²) in [6.07, 6.45) is 1.07. The molecule has 8 nitrogen and oxygen atoms in total. The first kappa shape index (κ1) is 17.6. The van der Waals surface area contributed by atoms with E-state index in [-0.39, 0.29) is 41.3 Å². The molecule has 3 rings (SSSR count). The first-order chi connectivity index (χ1) is 11.9. The van der Waals surface area contributed by atoms with E-state index in [9.17, 15) is 14.4 Å². The zero-order valence-electron chi connectivity index (χ0n) is 14.5. The summed E-state index contributed by atoms with van der Waals surface area (Å²) < 4.78 is 5.82. The Labute approximate surface area is 146 Å². The van der Waals surface area contributed by atoms with Crippen molar-refractivity contribution in [3.05, 3.63) is 34.2 Å². The lowest BCUT2D eigenvalue weighted by molar-refractivity contribution is -0.134. The second kappa shape index (κ2) is 7.37. The highest BCUT2D eigenvalue weighted by Crippen LogP contribution is 2.24. The van der Waals surface area contributed by atoms with Crippen LogP contribution in [0.1, 0.15) is 23.3 Å². The van der Waals surface area contributed by atoms with Crippen LogP contribution in [0, 0.1) is 0 Å². The van der Waals surface area contributed by atoms with Crippen molar-refractivity contribution >= 4 is 11.8 Å². The van der Waals surface area contributed by atoms with E-state index < -0.39 is 0 Å². The van der Waals surface area contributed by atoms with E-state index in [0.29, 0.717) is 19.6 Å². The van der Waals surface area contributed by atoms with Gasteiger partial charge in [0, 0.05) is 45.3 Å². The van der Waals surface area contributed by atoms with E-state index in [1.54, 1.807) is 31.1 Å². The third kappa shape index (κ3) is 4.26. The Morgan fingerprint density at radius 1 is 1.36 bits per heavy atom. The number of amides is 2. The number of nitrogens with one attached hydrogen (secondary N) is 2. The Kier molecular flexibility index (Phi) is 5.19. The fourth-order valence-electron chi connectivity index (χ4n) is 3.39. The van der Waals surface area contributed by atoms with Crippen molar-refractivity contribution in [2.75, 3.05) is 33.8 Å². The molecule has 1 aromatic heterocycles. The lowest BCUT2D eigenvalue weighted by Crippen LogP contribution is -2.47. The topological polar surface area (TPSA) is 94.7 Å². The lowest BCUT2D eigenvalue weighted by Gasteiger charge is -2.35. The minimum atomic E-state index is -0.293. The van der Waals surface area contributed by atoms with Gasteiger partial charge in [-0.25, -0.2) is 0 Å². The van der Waals surface area contributed by atoms with Gasteiger partial charge in [0.25, 0.3) is 5.91 Å². The van der Waals surface area contributed by atoms with Crippen LogP contribution < -0.4 is 10.9 Å². The van der Waals surface area contributed by atoms with Gasteiger partial charge >= 0.3 is 0 Å². The SMILES string of the molecule is CN(C)C(=O)C[C@H]1CN2C[C@H](NC(=O)c3cccc(=O)[nH]3)C[C@H]2CO1. The first-order valence-electron chi connectivity index (χ1n) is 8.48. The Morgan fingerprint density at radius 3 is 2.88 bits per heavy atom. The molecule has 0 radical (unpaired) electrons. The predicted molar refractivity (Wildman–Crippen MR) is 91.3 cm³/mol. The third-order valence-electron chi connectivity index (χ3n) is 4.74. The summed E-state index contributed by atoms with van der Waals surface area (Å²) >= 11 is 0. The number of H-pyrrole nitrogens is 1. The van der Waals surface area contributed by atoms with Crippen LogP contribution in [0.25, 0.3) is 0 Å². The number of rotatable bonds is 4. The van der Waals surface area contributed by atoms with E-state index in [4.69, 9.17) is 4.74 Å². The molecule has 0 saturated carbocycles. The molecule has 2 fully saturated rings. The minimum absolute atomic E-state index is 0.00751. The van der Waals surface area contributed by atoms with Gasteiger partial charge in [-0.1, -0.05) is 6.07 Å². The van der Waals surface area contributed by atoms with Crippen LogP contribution in [0.2, 0.25) is 0 Å². The van der Waals surface area contributed by atoms with Crippen molar-refractivity contribution < 1.29 is 14.3 Å². The molecular formula is C17H24N4O4. The highest BCUT2D eigenvalue weighted by Gasteiger charge is 2.38. The molecule has 0 spiro atoms. The number of ether oxygens (including phenoxy) is 1. The largest absolute Gasteiger partial charge is 0.375 e. The number of hydrogen-bond acceptors (Lipinski definition) is 5. The van der Waals surface area contributed by atoms with Gasteiger partial charge in [-0.05, 0) is 12.5 Å². The smallest absolute Gasteiger partial charge is 0.268 e. The number of aromatic nitrogens is 1. The molecule has 2 saturated heterocycles. The maximum absolute atomic E-state index is 12.3. The fraction of sp³-hybridized carbons (Fsp3) is 0.588. The summed E-state index contributed by atoms with van der Waals surface area (Å²) in [5.41, 5.74) is -0.0265. The van der Waals surface area contributed by atoms with Crippen LogP contribution in [0.4, 0.5) is 0 Å². The van der Waals surface area contributed by atoms with Gasteiger partial charge in [0.2, 0.25) is 11.5 Å². The third-order valence-corrected chi connectivity index (χ3v) is 4.74. The van der Waals surface area contributed by atoms with Gasteiger partial charge in [-0.15, -0.1) is 0 Å². The Bertz CT molecular complexity index is 702. The highest BCUT2D eigenvalue weighted by molar-refractivity contribution is 5.92. The lowest BCUT2D eigenvalue weighted by atomic mass is 10.1. The van der Waals surface area contributed by atoms with Gasteiger partial charge in [0.1, 0.15) is 5.69 Å².